The van der Waals surface area contributed by atoms with Crippen molar-refractivity contribution >= 4 is 11.9 Å². The van der Waals surface area contributed by atoms with E-state index in [-0.39, 0.29) is 12.5 Å². The predicted octanol–water partition coefficient (Wildman–Crippen LogP) is -0.591. The van der Waals surface area contributed by atoms with Crippen LogP contribution in [-0.2, 0) is 9.59 Å². The van der Waals surface area contributed by atoms with Crippen molar-refractivity contribution in [2.75, 3.05) is 6.54 Å². The molecule has 5 heteroatoms. The number of nitrogens with two attached hydrogens (primary N) is 1. The highest BCUT2D eigenvalue weighted by atomic mass is 16.4. The summed E-state index contributed by atoms with van der Waals surface area (Å²) in [5, 5.41) is 8.58. The van der Waals surface area contributed by atoms with Crippen molar-refractivity contribution in [1.82, 2.24) is 4.90 Å². The highest BCUT2D eigenvalue weighted by molar-refractivity contribution is 5.88. The molecule has 13 heavy (non-hydrogen) atoms. The highest BCUT2D eigenvalue weighted by Crippen LogP contribution is 2.28. The minimum Gasteiger partial charge on any atom is -0.480 e. The maximum atomic E-state index is 11.4. The number of carbonyl (C=O) groups excluding carboxylic acids is 1. The number of hydrogen-bond acceptors (Lipinski definition) is 3. The number of rotatable bonds is 2. The third kappa shape index (κ3) is 1.80. The monoisotopic (exact) mass is 186 g/mol. The summed E-state index contributed by atoms with van der Waals surface area (Å²) in [6.07, 6.45) is 0.513. The molecule has 0 bridgehead atoms. The first kappa shape index (κ1) is 9.98. The van der Waals surface area contributed by atoms with Gasteiger partial charge < -0.3 is 15.7 Å². The summed E-state index contributed by atoms with van der Waals surface area (Å²) in [6.45, 7) is 3.38. The third-order valence-corrected chi connectivity index (χ3v) is 2.33. The summed E-state index contributed by atoms with van der Waals surface area (Å²) in [4.78, 5) is 23.2. The molecule has 1 unspecified atom stereocenters. The van der Waals surface area contributed by atoms with Crippen molar-refractivity contribution in [1.29, 1.82) is 0 Å². The maximum Gasteiger partial charge on any atom is 0.323 e. The van der Waals surface area contributed by atoms with Gasteiger partial charge in [0.15, 0.2) is 0 Å². The minimum atomic E-state index is -1.00. The first-order chi connectivity index (χ1) is 5.84. The van der Waals surface area contributed by atoms with Gasteiger partial charge in [-0.25, -0.2) is 0 Å². The van der Waals surface area contributed by atoms with Gasteiger partial charge in [-0.05, 0) is 20.3 Å². The van der Waals surface area contributed by atoms with Gasteiger partial charge in [-0.3, -0.25) is 9.59 Å². The number of amides is 1. The molecule has 1 aliphatic heterocycles. The van der Waals surface area contributed by atoms with E-state index in [1.165, 1.54) is 4.90 Å². The predicted molar refractivity (Wildman–Crippen MR) is 46.0 cm³/mol. The van der Waals surface area contributed by atoms with Gasteiger partial charge in [-0.15, -0.1) is 0 Å². The van der Waals surface area contributed by atoms with Gasteiger partial charge in [0.1, 0.15) is 6.54 Å². The maximum absolute atomic E-state index is 11.4. The highest BCUT2D eigenvalue weighted by Gasteiger charge is 2.43. The number of carboxylic acids is 1. The molecule has 0 aliphatic carbocycles. The van der Waals surface area contributed by atoms with Crippen molar-refractivity contribution in [3.8, 4) is 0 Å². The Morgan fingerprint density at radius 1 is 1.77 bits per heavy atom. The van der Waals surface area contributed by atoms with Crippen LogP contribution in [0.2, 0.25) is 0 Å². The van der Waals surface area contributed by atoms with E-state index >= 15 is 0 Å². The largest absolute Gasteiger partial charge is 0.480 e. The Kier molecular flexibility index (Phi) is 2.30. The zero-order valence-corrected chi connectivity index (χ0v) is 7.78. The second-order valence-corrected chi connectivity index (χ2v) is 3.94. The van der Waals surface area contributed by atoms with Crippen LogP contribution in [0, 0.1) is 0 Å². The summed E-state index contributed by atoms with van der Waals surface area (Å²) in [5.74, 6) is -1.28. The Balaban J connectivity index is 2.81. The van der Waals surface area contributed by atoms with E-state index in [2.05, 4.69) is 0 Å². The fourth-order valence-electron chi connectivity index (χ4n) is 1.66. The molecule has 5 nitrogen and oxygen atoms in total. The van der Waals surface area contributed by atoms with Crippen LogP contribution in [0.15, 0.2) is 0 Å². The van der Waals surface area contributed by atoms with E-state index in [4.69, 9.17) is 10.8 Å². The summed E-state index contributed by atoms with van der Waals surface area (Å²) < 4.78 is 0. The lowest BCUT2D eigenvalue weighted by molar-refractivity contribution is -0.145. The number of carboxylic acid groups (broad SMARTS) is 1. The number of hydrogen-bond donors (Lipinski definition) is 2. The average Bonchev–Trinajstić information content (AvgIpc) is 2.12. The van der Waals surface area contributed by atoms with Crippen molar-refractivity contribution in [3.05, 3.63) is 0 Å². The fourth-order valence-corrected chi connectivity index (χ4v) is 1.66. The lowest BCUT2D eigenvalue weighted by Crippen LogP contribution is -2.44. The van der Waals surface area contributed by atoms with Crippen LogP contribution in [0.25, 0.3) is 0 Å². The molecule has 1 aliphatic rings. The Bertz CT molecular complexity index is 250. The standard InChI is InChI=1S/C8H14N2O3/c1-8(2)3-5(9)7(13)10(8)4-6(11)12/h5H,3-4,9H2,1-2H3,(H,11,12). The SMILES string of the molecule is CC1(C)CC(N)C(=O)N1CC(=O)O. The Labute approximate surface area is 76.5 Å². The quantitative estimate of drug-likeness (QED) is 0.603. The molecule has 74 valence electrons. The minimum absolute atomic E-state index is 0.264. The van der Waals surface area contributed by atoms with Crippen LogP contribution in [-0.4, -0.2) is 40.0 Å². The van der Waals surface area contributed by atoms with Gasteiger partial charge >= 0.3 is 5.97 Å². The van der Waals surface area contributed by atoms with E-state index in [9.17, 15) is 9.59 Å². The van der Waals surface area contributed by atoms with Gasteiger partial charge in [0.25, 0.3) is 0 Å². The molecule has 1 heterocycles. The van der Waals surface area contributed by atoms with Crippen molar-refractivity contribution in [3.63, 3.8) is 0 Å². The molecule has 1 fully saturated rings. The zero-order valence-electron chi connectivity index (χ0n) is 7.78. The summed E-state index contributed by atoms with van der Waals surface area (Å²) in [7, 11) is 0. The van der Waals surface area contributed by atoms with Crippen LogP contribution in [0.1, 0.15) is 20.3 Å². The average molecular weight is 186 g/mol. The Morgan fingerprint density at radius 2 is 2.31 bits per heavy atom. The number of carbonyl (C=O) groups is 2. The number of nitrogens with zero attached hydrogens (tertiary/aromatic N) is 1. The van der Waals surface area contributed by atoms with E-state index < -0.39 is 17.6 Å². The molecule has 1 rings (SSSR count). The number of likely N-dealkylation sites (tertiary alicyclic amines) is 1. The molecular weight excluding hydrogens is 172 g/mol. The molecule has 1 saturated heterocycles. The molecule has 3 N–H and O–H groups in total. The lowest BCUT2D eigenvalue weighted by atomic mass is 10.0. The van der Waals surface area contributed by atoms with Crippen LogP contribution in [0.3, 0.4) is 0 Å². The summed E-state index contributed by atoms with van der Waals surface area (Å²) in [6, 6.07) is -0.547. The lowest BCUT2D eigenvalue weighted by Gasteiger charge is -2.29. The van der Waals surface area contributed by atoms with Crippen molar-refractivity contribution < 1.29 is 14.7 Å². The third-order valence-electron chi connectivity index (χ3n) is 2.33. The molecule has 0 aromatic heterocycles. The second-order valence-electron chi connectivity index (χ2n) is 3.94. The van der Waals surface area contributed by atoms with Crippen LogP contribution < -0.4 is 5.73 Å². The zero-order chi connectivity index (χ0) is 10.2. The van der Waals surface area contributed by atoms with Gasteiger partial charge in [0.05, 0.1) is 6.04 Å². The van der Waals surface area contributed by atoms with Crippen LogP contribution in [0.4, 0.5) is 0 Å². The number of aliphatic carboxylic acids is 1. The molecule has 0 radical (unpaired) electrons. The molecule has 0 saturated carbocycles. The molecule has 1 atom stereocenters. The fraction of sp³-hybridized carbons (Fsp3) is 0.750. The summed E-state index contributed by atoms with van der Waals surface area (Å²) >= 11 is 0. The van der Waals surface area contributed by atoms with E-state index in [0.717, 1.165) is 0 Å². The first-order valence-corrected chi connectivity index (χ1v) is 4.13. The van der Waals surface area contributed by atoms with E-state index in [1.54, 1.807) is 0 Å². The van der Waals surface area contributed by atoms with Crippen molar-refractivity contribution in [2.45, 2.75) is 31.8 Å². The van der Waals surface area contributed by atoms with E-state index in [1.807, 2.05) is 13.8 Å². The second kappa shape index (κ2) is 2.99. The van der Waals surface area contributed by atoms with Gasteiger partial charge in [-0.1, -0.05) is 0 Å². The van der Waals surface area contributed by atoms with Gasteiger partial charge in [-0.2, -0.15) is 0 Å². The molecule has 0 aromatic rings. The topological polar surface area (TPSA) is 83.6 Å². The Morgan fingerprint density at radius 3 is 2.62 bits per heavy atom. The Hall–Kier alpha value is -1.10. The smallest absolute Gasteiger partial charge is 0.323 e. The normalized spacial score (nSPS) is 26.5. The summed E-state index contributed by atoms with van der Waals surface area (Å²) in [5.41, 5.74) is 5.10. The van der Waals surface area contributed by atoms with Crippen LogP contribution >= 0.6 is 0 Å². The molecular formula is C8H14N2O3. The van der Waals surface area contributed by atoms with Crippen molar-refractivity contribution in [2.24, 2.45) is 5.73 Å². The van der Waals surface area contributed by atoms with E-state index in [0.29, 0.717) is 6.42 Å². The molecule has 0 aromatic carbocycles. The van der Waals surface area contributed by atoms with Gasteiger partial charge in [0.2, 0.25) is 5.91 Å². The first-order valence-electron chi connectivity index (χ1n) is 4.13. The van der Waals surface area contributed by atoms with Gasteiger partial charge in [0, 0.05) is 5.54 Å². The molecule has 0 spiro atoms. The molecule has 1 amide bonds. The van der Waals surface area contributed by atoms with Crippen LogP contribution in [0.5, 0.6) is 0 Å².